The lowest BCUT2D eigenvalue weighted by molar-refractivity contribution is -0.142. The second-order valence-corrected chi connectivity index (χ2v) is 6.75. The van der Waals surface area contributed by atoms with Gasteiger partial charge in [-0.05, 0) is 54.3 Å². The molecule has 7 heteroatoms. The quantitative estimate of drug-likeness (QED) is 0.426. The maximum absolute atomic E-state index is 12.0. The van der Waals surface area contributed by atoms with Crippen LogP contribution in [0.25, 0.3) is 6.08 Å². The molecule has 31 heavy (non-hydrogen) atoms. The average molecular weight is 427 g/mol. The molecular formula is C24H29NO6. The fourth-order valence-corrected chi connectivity index (χ4v) is 2.88. The summed E-state index contributed by atoms with van der Waals surface area (Å²) in [6.07, 6.45) is 6.06. The zero-order chi connectivity index (χ0) is 22.6. The van der Waals surface area contributed by atoms with Gasteiger partial charge in [-0.15, -0.1) is 0 Å². The van der Waals surface area contributed by atoms with Crippen LogP contribution in [-0.2, 0) is 20.7 Å². The van der Waals surface area contributed by atoms with Crippen LogP contribution in [0.4, 0.5) is 5.69 Å². The highest BCUT2D eigenvalue weighted by Crippen LogP contribution is 2.38. The maximum Gasteiger partial charge on any atom is 0.331 e. The molecule has 2 rings (SSSR count). The Hall–Kier alpha value is -3.48. The number of benzene rings is 2. The molecule has 7 nitrogen and oxygen atoms in total. The average Bonchev–Trinajstić information content (AvgIpc) is 2.80. The van der Waals surface area contributed by atoms with Crippen molar-refractivity contribution < 1.29 is 28.5 Å². The van der Waals surface area contributed by atoms with Gasteiger partial charge in [-0.2, -0.15) is 0 Å². The molecule has 0 atom stereocenters. The standard InChI is InChI=1S/C24H29NO6/c1-5-6-7-17-8-11-19(12-9-17)25-22(26)16-31-23(27)13-10-18-14-20(28-2)24(30-4)21(15-18)29-3/h8-15H,5-7,16H2,1-4H3,(H,25,26)/b13-10+. The normalized spacial score (nSPS) is 10.6. The maximum atomic E-state index is 12.0. The van der Waals surface area contributed by atoms with E-state index in [1.165, 1.54) is 33.0 Å². The van der Waals surface area contributed by atoms with Crippen LogP contribution in [-0.4, -0.2) is 39.8 Å². The van der Waals surface area contributed by atoms with E-state index in [0.717, 1.165) is 19.3 Å². The monoisotopic (exact) mass is 427 g/mol. The van der Waals surface area contributed by atoms with E-state index in [-0.39, 0.29) is 6.61 Å². The summed E-state index contributed by atoms with van der Waals surface area (Å²) in [6.45, 7) is 1.77. The smallest absolute Gasteiger partial charge is 0.331 e. The lowest BCUT2D eigenvalue weighted by Gasteiger charge is -2.12. The molecule has 0 saturated carbocycles. The van der Waals surface area contributed by atoms with E-state index in [1.54, 1.807) is 18.2 Å². The summed E-state index contributed by atoms with van der Waals surface area (Å²) < 4.78 is 20.8. The molecule has 0 aliphatic rings. The summed E-state index contributed by atoms with van der Waals surface area (Å²) in [5.41, 5.74) is 2.54. The van der Waals surface area contributed by atoms with E-state index in [1.807, 2.05) is 24.3 Å². The van der Waals surface area contributed by atoms with Crippen molar-refractivity contribution >= 4 is 23.6 Å². The number of unbranched alkanes of at least 4 members (excludes halogenated alkanes) is 1. The largest absolute Gasteiger partial charge is 0.493 e. The second kappa shape index (κ2) is 12.3. The van der Waals surface area contributed by atoms with Gasteiger partial charge < -0.3 is 24.3 Å². The molecule has 2 aromatic carbocycles. The highest BCUT2D eigenvalue weighted by Gasteiger charge is 2.12. The molecule has 0 saturated heterocycles. The molecule has 166 valence electrons. The molecule has 0 aliphatic heterocycles. The lowest BCUT2D eigenvalue weighted by atomic mass is 10.1. The first-order valence-corrected chi connectivity index (χ1v) is 10.0. The summed E-state index contributed by atoms with van der Waals surface area (Å²) in [5.74, 6) is 0.347. The van der Waals surface area contributed by atoms with Crippen molar-refractivity contribution in [3.63, 3.8) is 0 Å². The summed E-state index contributed by atoms with van der Waals surface area (Å²) in [7, 11) is 4.53. The Labute approximate surface area is 183 Å². The van der Waals surface area contributed by atoms with Crippen LogP contribution in [0, 0.1) is 0 Å². The summed E-state index contributed by atoms with van der Waals surface area (Å²) in [6, 6.07) is 11.0. The minimum atomic E-state index is -0.640. The van der Waals surface area contributed by atoms with E-state index < -0.39 is 11.9 Å². The molecular weight excluding hydrogens is 398 g/mol. The molecule has 0 fully saturated rings. The molecule has 0 bridgehead atoms. The van der Waals surface area contributed by atoms with Crippen molar-refractivity contribution in [2.24, 2.45) is 0 Å². The minimum absolute atomic E-state index is 0.379. The zero-order valence-corrected chi connectivity index (χ0v) is 18.4. The Bertz CT molecular complexity index is 880. The fraction of sp³-hybridized carbons (Fsp3) is 0.333. The molecule has 0 aromatic heterocycles. The van der Waals surface area contributed by atoms with Crippen LogP contribution in [0.2, 0.25) is 0 Å². The number of anilines is 1. The molecule has 0 aliphatic carbocycles. The third kappa shape index (κ3) is 7.37. The van der Waals surface area contributed by atoms with Gasteiger partial charge in [-0.1, -0.05) is 25.5 Å². The number of ether oxygens (including phenoxy) is 4. The van der Waals surface area contributed by atoms with Crippen LogP contribution in [0.15, 0.2) is 42.5 Å². The number of carbonyl (C=O) groups excluding carboxylic acids is 2. The van der Waals surface area contributed by atoms with Gasteiger partial charge in [0.05, 0.1) is 21.3 Å². The molecule has 1 amide bonds. The molecule has 0 heterocycles. The molecule has 0 radical (unpaired) electrons. The van der Waals surface area contributed by atoms with E-state index in [9.17, 15) is 9.59 Å². The van der Waals surface area contributed by atoms with Crippen LogP contribution in [0.5, 0.6) is 17.2 Å². The van der Waals surface area contributed by atoms with Crippen LogP contribution in [0.1, 0.15) is 30.9 Å². The number of aryl methyl sites for hydroxylation is 1. The molecule has 2 aromatic rings. The minimum Gasteiger partial charge on any atom is -0.493 e. The van der Waals surface area contributed by atoms with E-state index >= 15 is 0 Å². The predicted molar refractivity (Wildman–Crippen MR) is 120 cm³/mol. The summed E-state index contributed by atoms with van der Waals surface area (Å²) in [4.78, 5) is 24.0. The summed E-state index contributed by atoms with van der Waals surface area (Å²) in [5, 5.41) is 2.71. The number of esters is 1. The third-order valence-electron chi connectivity index (χ3n) is 4.50. The van der Waals surface area contributed by atoms with Gasteiger partial charge in [0, 0.05) is 11.8 Å². The number of methoxy groups -OCH3 is 3. The van der Waals surface area contributed by atoms with Gasteiger partial charge in [0.15, 0.2) is 18.1 Å². The number of nitrogens with one attached hydrogen (secondary N) is 1. The Morgan fingerprint density at radius 1 is 0.968 bits per heavy atom. The Morgan fingerprint density at radius 3 is 2.16 bits per heavy atom. The lowest BCUT2D eigenvalue weighted by Crippen LogP contribution is -2.20. The van der Waals surface area contributed by atoms with Crippen molar-refractivity contribution in [1.82, 2.24) is 0 Å². The first kappa shape index (κ1) is 23.8. The Kier molecular flexibility index (Phi) is 9.42. The van der Waals surface area contributed by atoms with Gasteiger partial charge in [-0.25, -0.2) is 4.79 Å². The van der Waals surface area contributed by atoms with Gasteiger partial charge in [0.2, 0.25) is 5.75 Å². The molecule has 0 spiro atoms. The van der Waals surface area contributed by atoms with Crippen molar-refractivity contribution in [2.75, 3.05) is 33.3 Å². The predicted octanol–water partition coefficient (Wildman–Crippen LogP) is 4.25. The molecule has 1 N–H and O–H groups in total. The van der Waals surface area contributed by atoms with E-state index in [2.05, 4.69) is 12.2 Å². The number of carbonyl (C=O) groups is 2. The zero-order valence-electron chi connectivity index (χ0n) is 18.4. The van der Waals surface area contributed by atoms with Crippen molar-refractivity contribution in [1.29, 1.82) is 0 Å². The fourth-order valence-electron chi connectivity index (χ4n) is 2.88. The third-order valence-corrected chi connectivity index (χ3v) is 4.50. The molecule has 0 unspecified atom stereocenters. The summed E-state index contributed by atoms with van der Waals surface area (Å²) >= 11 is 0. The van der Waals surface area contributed by atoms with Crippen molar-refractivity contribution in [3.8, 4) is 17.2 Å². The SMILES string of the molecule is CCCCc1ccc(NC(=O)COC(=O)/C=C/c2cc(OC)c(OC)c(OC)c2)cc1. The van der Waals surface area contributed by atoms with Gasteiger partial charge >= 0.3 is 5.97 Å². The van der Waals surface area contributed by atoms with E-state index in [0.29, 0.717) is 28.5 Å². The highest BCUT2D eigenvalue weighted by atomic mass is 16.5. The van der Waals surface area contributed by atoms with E-state index in [4.69, 9.17) is 18.9 Å². The number of rotatable bonds is 11. The Morgan fingerprint density at radius 2 is 1.61 bits per heavy atom. The first-order chi connectivity index (χ1) is 15.0. The Balaban J connectivity index is 1.88. The number of amides is 1. The van der Waals surface area contributed by atoms with Crippen LogP contribution in [0.3, 0.4) is 0 Å². The van der Waals surface area contributed by atoms with Gasteiger partial charge in [0.25, 0.3) is 5.91 Å². The topological polar surface area (TPSA) is 83.1 Å². The van der Waals surface area contributed by atoms with Crippen molar-refractivity contribution in [2.45, 2.75) is 26.2 Å². The number of hydrogen-bond acceptors (Lipinski definition) is 6. The highest BCUT2D eigenvalue weighted by molar-refractivity contribution is 5.94. The number of hydrogen-bond donors (Lipinski definition) is 1. The van der Waals surface area contributed by atoms with Crippen molar-refractivity contribution in [3.05, 3.63) is 53.6 Å². The second-order valence-electron chi connectivity index (χ2n) is 6.75. The van der Waals surface area contributed by atoms with Gasteiger partial charge in [0.1, 0.15) is 0 Å². The van der Waals surface area contributed by atoms with Gasteiger partial charge in [-0.3, -0.25) is 4.79 Å². The van der Waals surface area contributed by atoms with Crippen LogP contribution < -0.4 is 19.5 Å². The van der Waals surface area contributed by atoms with Crippen LogP contribution >= 0.6 is 0 Å². The first-order valence-electron chi connectivity index (χ1n) is 10.0.